The van der Waals surface area contributed by atoms with Crippen molar-refractivity contribution in [3.63, 3.8) is 0 Å². The van der Waals surface area contributed by atoms with Crippen molar-refractivity contribution >= 4 is 17.3 Å². The van der Waals surface area contributed by atoms with Crippen LogP contribution in [0.5, 0.6) is 0 Å². The Kier molecular flexibility index (Phi) is 3.84. The Morgan fingerprint density at radius 1 is 1.32 bits per heavy atom. The maximum absolute atomic E-state index is 11.0. The van der Waals surface area contributed by atoms with Gasteiger partial charge in [-0.3, -0.25) is 4.79 Å². The number of hydrogen-bond donors (Lipinski definition) is 2. The van der Waals surface area contributed by atoms with E-state index >= 15 is 0 Å². The molecule has 2 N–H and O–H groups in total. The van der Waals surface area contributed by atoms with Gasteiger partial charge < -0.3 is 15.1 Å². The second kappa shape index (κ2) is 5.74. The van der Waals surface area contributed by atoms with Crippen molar-refractivity contribution in [2.75, 3.05) is 10.6 Å². The van der Waals surface area contributed by atoms with E-state index in [0.717, 1.165) is 11.4 Å². The van der Waals surface area contributed by atoms with Crippen molar-refractivity contribution in [1.29, 1.82) is 5.26 Å². The standard InChI is InChI=1S/C14H13N3O2/c1-10(18)17-12-4-2-3-11(7-12)16-9-14-6-5-13(8-15)19-14/h2-7,16H,9H2,1H3,(H,17,18). The average molecular weight is 255 g/mol. The highest BCUT2D eigenvalue weighted by molar-refractivity contribution is 5.89. The maximum Gasteiger partial charge on any atom is 0.221 e. The lowest BCUT2D eigenvalue weighted by Gasteiger charge is -2.07. The Morgan fingerprint density at radius 2 is 2.11 bits per heavy atom. The van der Waals surface area contributed by atoms with Crippen molar-refractivity contribution in [3.05, 3.63) is 47.9 Å². The predicted molar refractivity (Wildman–Crippen MR) is 71.5 cm³/mol. The first-order valence-electron chi connectivity index (χ1n) is 5.78. The number of carbonyl (C=O) groups excluding carboxylic acids is 1. The first-order valence-corrected chi connectivity index (χ1v) is 5.78. The fourth-order valence-electron chi connectivity index (χ4n) is 1.63. The molecule has 0 aliphatic carbocycles. The fraction of sp³-hybridized carbons (Fsp3) is 0.143. The molecule has 5 heteroatoms. The van der Waals surface area contributed by atoms with E-state index in [1.807, 2.05) is 30.3 Å². The monoisotopic (exact) mass is 255 g/mol. The van der Waals surface area contributed by atoms with Gasteiger partial charge in [0.15, 0.2) is 0 Å². The first kappa shape index (κ1) is 12.7. The Bertz CT molecular complexity index is 626. The molecule has 0 saturated carbocycles. The van der Waals surface area contributed by atoms with Crippen LogP contribution < -0.4 is 10.6 Å². The summed E-state index contributed by atoms with van der Waals surface area (Å²) in [5, 5.41) is 14.5. The van der Waals surface area contributed by atoms with Gasteiger partial charge in [0, 0.05) is 18.3 Å². The van der Waals surface area contributed by atoms with E-state index in [9.17, 15) is 4.79 Å². The minimum absolute atomic E-state index is 0.109. The lowest BCUT2D eigenvalue weighted by molar-refractivity contribution is -0.114. The molecule has 5 nitrogen and oxygen atoms in total. The molecule has 1 amide bonds. The quantitative estimate of drug-likeness (QED) is 0.880. The van der Waals surface area contributed by atoms with Crippen molar-refractivity contribution in [2.45, 2.75) is 13.5 Å². The SMILES string of the molecule is CC(=O)Nc1cccc(NCc2ccc(C#N)o2)c1. The van der Waals surface area contributed by atoms with Crippen LogP contribution in [0, 0.1) is 11.3 Å². The third-order valence-electron chi connectivity index (χ3n) is 2.42. The molecule has 19 heavy (non-hydrogen) atoms. The average Bonchev–Trinajstić information content (AvgIpc) is 2.84. The van der Waals surface area contributed by atoms with E-state index in [2.05, 4.69) is 10.6 Å². The van der Waals surface area contributed by atoms with E-state index in [1.165, 1.54) is 6.92 Å². The lowest BCUT2D eigenvalue weighted by atomic mass is 10.2. The minimum atomic E-state index is -0.109. The van der Waals surface area contributed by atoms with Crippen molar-refractivity contribution in [2.24, 2.45) is 0 Å². The van der Waals surface area contributed by atoms with Crippen molar-refractivity contribution in [3.8, 4) is 6.07 Å². The number of anilines is 2. The molecule has 0 bridgehead atoms. The highest BCUT2D eigenvalue weighted by Crippen LogP contribution is 2.16. The summed E-state index contributed by atoms with van der Waals surface area (Å²) in [6, 6.07) is 12.7. The molecule has 0 saturated heterocycles. The van der Waals surface area contributed by atoms with E-state index in [4.69, 9.17) is 9.68 Å². The number of nitrogens with one attached hydrogen (secondary N) is 2. The number of furan rings is 1. The van der Waals surface area contributed by atoms with Crippen LogP contribution in [0.15, 0.2) is 40.8 Å². The minimum Gasteiger partial charge on any atom is -0.449 e. The number of rotatable bonds is 4. The summed E-state index contributed by atoms with van der Waals surface area (Å²) in [5.41, 5.74) is 1.59. The lowest BCUT2D eigenvalue weighted by Crippen LogP contribution is -2.06. The largest absolute Gasteiger partial charge is 0.449 e. The Hall–Kier alpha value is -2.74. The Labute approximate surface area is 110 Å². The van der Waals surface area contributed by atoms with Crippen LogP contribution in [-0.2, 0) is 11.3 Å². The molecule has 0 radical (unpaired) electrons. The predicted octanol–water partition coefficient (Wildman–Crippen LogP) is 2.72. The third-order valence-corrected chi connectivity index (χ3v) is 2.42. The molecule has 0 spiro atoms. The molecule has 0 aliphatic heterocycles. The fourth-order valence-corrected chi connectivity index (χ4v) is 1.63. The number of benzene rings is 1. The Morgan fingerprint density at radius 3 is 2.79 bits per heavy atom. The first-order chi connectivity index (χ1) is 9.17. The van der Waals surface area contributed by atoms with E-state index in [1.54, 1.807) is 12.1 Å². The molecular weight excluding hydrogens is 242 g/mol. The molecular formula is C14H13N3O2. The number of amides is 1. The summed E-state index contributed by atoms with van der Waals surface area (Å²) >= 11 is 0. The molecule has 1 aromatic carbocycles. The molecule has 2 aromatic rings. The zero-order valence-electron chi connectivity index (χ0n) is 10.4. The molecule has 0 unspecified atom stereocenters. The number of nitrogens with zero attached hydrogens (tertiary/aromatic N) is 1. The molecule has 1 aromatic heterocycles. The van der Waals surface area contributed by atoms with Crippen LogP contribution >= 0.6 is 0 Å². The van der Waals surface area contributed by atoms with Gasteiger partial charge in [-0.1, -0.05) is 6.07 Å². The molecule has 96 valence electrons. The van der Waals surface area contributed by atoms with Gasteiger partial charge >= 0.3 is 0 Å². The highest BCUT2D eigenvalue weighted by atomic mass is 16.3. The summed E-state index contributed by atoms with van der Waals surface area (Å²) in [6.07, 6.45) is 0. The van der Waals surface area contributed by atoms with Gasteiger partial charge in [-0.25, -0.2) is 0 Å². The summed E-state index contributed by atoms with van der Waals surface area (Å²) in [5.74, 6) is 0.868. The normalized spacial score (nSPS) is 9.68. The van der Waals surface area contributed by atoms with Crippen LogP contribution in [0.1, 0.15) is 18.4 Å². The maximum atomic E-state index is 11.0. The second-order valence-electron chi connectivity index (χ2n) is 3.99. The smallest absolute Gasteiger partial charge is 0.221 e. The summed E-state index contributed by atoms with van der Waals surface area (Å²) in [4.78, 5) is 11.0. The summed E-state index contributed by atoms with van der Waals surface area (Å²) < 4.78 is 5.26. The molecule has 0 aliphatic rings. The molecule has 2 rings (SSSR count). The van der Waals surface area contributed by atoms with E-state index in [0.29, 0.717) is 18.1 Å². The van der Waals surface area contributed by atoms with Gasteiger partial charge in [-0.2, -0.15) is 5.26 Å². The number of hydrogen-bond acceptors (Lipinski definition) is 4. The van der Waals surface area contributed by atoms with E-state index in [-0.39, 0.29) is 5.91 Å². The topological polar surface area (TPSA) is 78.1 Å². The van der Waals surface area contributed by atoms with Crippen LogP contribution in [-0.4, -0.2) is 5.91 Å². The van der Waals surface area contributed by atoms with Gasteiger partial charge in [0.1, 0.15) is 11.8 Å². The van der Waals surface area contributed by atoms with Gasteiger partial charge in [-0.05, 0) is 30.3 Å². The molecule has 0 atom stereocenters. The van der Waals surface area contributed by atoms with Gasteiger partial charge in [0.05, 0.1) is 6.54 Å². The zero-order chi connectivity index (χ0) is 13.7. The van der Waals surface area contributed by atoms with E-state index < -0.39 is 0 Å². The third kappa shape index (κ3) is 3.61. The van der Waals surface area contributed by atoms with Crippen LogP contribution in [0.4, 0.5) is 11.4 Å². The number of carbonyl (C=O) groups is 1. The second-order valence-corrected chi connectivity index (χ2v) is 3.99. The zero-order valence-corrected chi connectivity index (χ0v) is 10.4. The Balaban J connectivity index is 1.99. The van der Waals surface area contributed by atoms with Crippen molar-refractivity contribution in [1.82, 2.24) is 0 Å². The highest BCUT2D eigenvalue weighted by Gasteiger charge is 2.02. The van der Waals surface area contributed by atoms with Gasteiger partial charge in [-0.15, -0.1) is 0 Å². The summed E-state index contributed by atoms with van der Waals surface area (Å²) in [6.45, 7) is 1.94. The molecule has 1 heterocycles. The summed E-state index contributed by atoms with van der Waals surface area (Å²) in [7, 11) is 0. The number of nitriles is 1. The molecule has 0 fully saturated rings. The van der Waals surface area contributed by atoms with Crippen LogP contribution in [0.2, 0.25) is 0 Å². The van der Waals surface area contributed by atoms with Crippen LogP contribution in [0.3, 0.4) is 0 Å². The van der Waals surface area contributed by atoms with Crippen LogP contribution in [0.25, 0.3) is 0 Å². The van der Waals surface area contributed by atoms with Gasteiger partial charge in [0.2, 0.25) is 11.7 Å². The van der Waals surface area contributed by atoms with Gasteiger partial charge in [0.25, 0.3) is 0 Å². The van der Waals surface area contributed by atoms with Crippen molar-refractivity contribution < 1.29 is 9.21 Å².